The normalized spacial score (nSPS) is 10.8. The number of nitrogen functional groups attached to an aromatic ring is 1. The molecule has 0 spiro atoms. The summed E-state index contributed by atoms with van der Waals surface area (Å²) in [5.74, 6) is 5.70. The van der Waals surface area contributed by atoms with Crippen molar-refractivity contribution in [2.24, 2.45) is 0 Å². The molecular formula is C17H15BrN4O2S. The highest BCUT2D eigenvalue weighted by atomic mass is 79.9. The van der Waals surface area contributed by atoms with Crippen LogP contribution < -0.4 is 16.7 Å². The van der Waals surface area contributed by atoms with Crippen molar-refractivity contribution < 1.29 is 4.79 Å². The summed E-state index contributed by atoms with van der Waals surface area (Å²) in [7, 11) is 0. The molecule has 1 amide bonds. The molecule has 2 aromatic carbocycles. The van der Waals surface area contributed by atoms with E-state index in [-0.39, 0.29) is 17.2 Å². The molecule has 0 bridgehead atoms. The number of amides is 1. The molecule has 1 heterocycles. The summed E-state index contributed by atoms with van der Waals surface area (Å²) in [6.07, 6.45) is 0. The smallest absolute Gasteiger partial charge is 0.280 e. The molecule has 0 saturated carbocycles. The maximum Gasteiger partial charge on any atom is 0.280 e. The number of rotatable bonds is 4. The Morgan fingerprint density at radius 3 is 2.84 bits per heavy atom. The first kappa shape index (κ1) is 17.5. The molecule has 3 aromatic rings. The molecule has 0 radical (unpaired) electrons. The number of hydrogen-bond acceptors (Lipinski definition) is 5. The van der Waals surface area contributed by atoms with Crippen LogP contribution in [0.4, 0.5) is 5.69 Å². The lowest BCUT2D eigenvalue weighted by molar-refractivity contribution is -0.113. The fraction of sp³-hybridized carbons (Fsp3) is 0.118. The van der Waals surface area contributed by atoms with Crippen LogP contribution in [0.2, 0.25) is 0 Å². The average Bonchev–Trinajstić information content (AvgIpc) is 2.60. The number of anilines is 1. The molecule has 3 N–H and O–H groups in total. The second-order valence-electron chi connectivity index (χ2n) is 5.39. The highest BCUT2D eigenvalue weighted by Crippen LogP contribution is 2.21. The fourth-order valence-corrected chi connectivity index (χ4v) is 3.24. The van der Waals surface area contributed by atoms with E-state index < -0.39 is 0 Å². The maximum atomic E-state index is 12.2. The molecule has 1 aromatic heterocycles. The molecule has 0 atom stereocenters. The highest BCUT2D eigenvalue weighted by Gasteiger charge is 2.11. The predicted octanol–water partition coefficient (Wildman–Crippen LogP) is 2.91. The lowest BCUT2D eigenvalue weighted by Gasteiger charge is -2.09. The fourth-order valence-electron chi connectivity index (χ4n) is 2.28. The quantitative estimate of drug-likeness (QED) is 0.386. The lowest BCUT2D eigenvalue weighted by Crippen LogP contribution is -2.30. The zero-order valence-electron chi connectivity index (χ0n) is 13.3. The summed E-state index contributed by atoms with van der Waals surface area (Å²) in [5.41, 5.74) is 1.96. The van der Waals surface area contributed by atoms with Crippen molar-refractivity contribution in [3.8, 4) is 0 Å². The molecule has 6 nitrogen and oxygen atoms in total. The van der Waals surface area contributed by atoms with Gasteiger partial charge >= 0.3 is 0 Å². The summed E-state index contributed by atoms with van der Waals surface area (Å²) in [4.78, 5) is 28.7. The van der Waals surface area contributed by atoms with E-state index in [0.29, 0.717) is 21.7 Å². The number of benzene rings is 2. The first-order valence-electron chi connectivity index (χ1n) is 7.41. The minimum absolute atomic E-state index is 0.0943. The molecule has 0 fully saturated rings. The Bertz CT molecular complexity index is 1020. The molecule has 128 valence electrons. The van der Waals surface area contributed by atoms with Crippen LogP contribution in [-0.4, -0.2) is 21.3 Å². The van der Waals surface area contributed by atoms with E-state index in [1.54, 1.807) is 24.3 Å². The van der Waals surface area contributed by atoms with Gasteiger partial charge in [-0.1, -0.05) is 39.8 Å². The van der Waals surface area contributed by atoms with Crippen molar-refractivity contribution in [1.29, 1.82) is 0 Å². The third-order valence-electron chi connectivity index (χ3n) is 3.55. The number of fused-ring (bicyclic) bond motifs is 1. The van der Waals surface area contributed by atoms with Crippen LogP contribution in [0.15, 0.2) is 56.9 Å². The van der Waals surface area contributed by atoms with Gasteiger partial charge in [0, 0.05) is 10.2 Å². The van der Waals surface area contributed by atoms with Crippen molar-refractivity contribution >= 4 is 50.2 Å². The predicted molar refractivity (Wildman–Crippen MR) is 104 cm³/mol. The zero-order chi connectivity index (χ0) is 18.0. The number of para-hydroxylation sites is 1. The Morgan fingerprint density at radius 1 is 1.32 bits per heavy atom. The Morgan fingerprint density at radius 2 is 2.08 bits per heavy atom. The van der Waals surface area contributed by atoms with Gasteiger partial charge in [0.2, 0.25) is 5.91 Å². The number of aryl methyl sites for hydroxylation is 1. The van der Waals surface area contributed by atoms with Gasteiger partial charge in [-0.15, -0.1) is 0 Å². The zero-order valence-corrected chi connectivity index (χ0v) is 15.7. The number of hydrogen-bond donors (Lipinski definition) is 2. The molecule has 8 heteroatoms. The van der Waals surface area contributed by atoms with Crippen LogP contribution >= 0.6 is 27.7 Å². The summed E-state index contributed by atoms with van der Waals surface area (Å²) in [6.45, 7) is 1.95. The third-order valence-corrected chi connectivity index (χ3v) is 5.39. The van der Waals surface area contributed by atoms with Crippen molar-refractivity contribution in [3.63, 3.8) is 0 Å². The van der Waals surface area contributed by atoms with E-state index in [1.165, 1.54) is 0 Å². The van der Waals surface area contributed by atoms with Gasteiger partial charge in [-0.05, 0) is 42.8 Å². The Labute approximate surface area is 156 Å². The van der Waals surface area contributed by atoms with Crippen molar-refractivity contribution in [3.05, 3.63) is 62.9 Å². The van der Waals surface area contributed by atoms with Crippen molar-refractivity contribution in [1.82, 2.24) is 9.66 Å². The van der Waals surface area contributed by atoms with Crippen LogP contribution in [0, 0.1) is 6.92 Å². The standard InChI is InChI=1S/C17H15BrN4O2S/c1-10-8-11(6-7-13(10)18)20-15(23)9-25-17-21-14-5-3-2-4-12(14)16(24)22(17)19/h2-8H,9,19H2,1H3,(H,20,23). The van der Waals surface area contributed by atoms with Gasteiger partial charge in [0.05, 0.1) is 16.7 Å². The molecule has 0 saturated heterocycles. The van der Waals surface area contributed by atoms with E-state index in [4.69, 9.17) is 5.84 Å². The third kappa shape index (κ3) is 3.85. The van der Waals surface area contributed by atoms with Gasteiger partial charge in [0.15, 0.2) is 5.16 Å². The van der Waals surface area contributed by atoms with Crippen molar-refractivity contribution in [2.75, 3.05) is 16.9 Å². The van der Waals surface area contributed by atoms with Gasteiger partial charge in [0.1, 0.15) is 0 Å². The second-order valence-corrected chi connectivity index (χ2v) is 7.18. The van der Waals surface area contributed by atoms with E-state index >= 15 is 0 Å². The van der Waals surface area contributed by atoms with Gasteiger partial charge in [-0.2, -0.15) is 0 Å². The molecule has 0 aliphatic rings. The summed E-state index contributed by atoms with van der Waals surface area (Å²) < 4.78 is 1.96. The van der Waals surface area contributed by atoms with Crippen molar-refractivity contribution in [2.45, 2.75) is 12.1 Å². The number of halogens is 1. The number of nitrogens with two attached hydrogens (primary N) is 1. The Hall–Kier alpha value is -2.32. The van der Waals surface area contributed by atoms with E-state index in [2.05, 4.69) is 26.2 Å². The number of nitrogens with one attached hydrogen (secondary N) is 1. The number of carbonyl (C=O) groups is 1. The SMILES string of the molecule is Cc1cc(NC(=O)CSc2nc3ccccc3c(=O)n2N)ccc1Br. The first-order chi connectivity index (χ1) is 12.0. The number of carbonyl (C=O) groups excluding carboxylic acids is 1. The molecular weight excluding hydrogens is 404 g/mol. The van der Waals surface area contributed by atoms with Crippen LogP contribution in [0.3, 0.4) is 0 Å². The van der Waals surface area contributed by atoms with Gasteiger partial charge in [-0.3, -0.25) is 9.59 Å². The molecule has 0 aliphatic carbocycles. The summed E-state index contributed by atoms with van der Waals surface area (Å²) >= 11 is 4.54. The lowest BCUT2D eigenvalue weighted by atomic mass is 10.2. The highest BCUT2D eigenvalue weighted by molar-refractivity contribution is 9.10. The Balaban J connectivity index is 1.73. The van der Waals surface area contributed by atoms with E-state index in [0.717, 1.165) is 26.5 Å². The number of thioether (sulfide) groups is 1. The summed E-state index contributed by atoms with van der Waals surface area (Å²) in [5, 5.41) is 3.56. The minimum Gasteiger partial charge on any atom is -0.334 e. The summed E-state index contributed by atoms with van der Waals surface area (Å²) in [6, 6.07) is 12.5. The largest absolute Gasteiger partial charge is 0.334 e. The molecule has 0 unspecified atom stereocenters. The van der Waals surface area contributed by atoms with Crippen LogP contribution in [0.1, 0.15) is 5.56 Å². The average molecular weight is 419 g/mol. The number of aromatic nitrogens is 2. The van der Waals surface area contributed by atoms with E-state index in [1.807, 2.05) is 25.1 Å². The van der Waals surface area contributed by atoms with Gasteiger partial charge in [-0.25, -0.2) is 9.66 Å². The maximum absolute atomic E-state index is 12.2. The van der Waals surface area contributed by atoms with Crippen LogP contribution in [-0.2, 0) is 4.79 Å². The first-order valence-corrected chi connectivity index (χ1v) is 9.19. The van der Waals surface area contributed by atoms with Crippen LogP contribution in [0.25, 0.3) is 10.9 Å². The second kappa shape index (κ2) is 7.28. The van der Waals surface area contributed by atoms with Crippen LogP contribution in [0.5, 0.6) is 0 Å². The Kier molecular flexibility index (Phi) is 5.10. The number of nitrogens with zero attached hydrogens (tertiary/aromatic N) is 2. The van der Waals surface area contributed by atoms with Gasteiger partial charge < -0.3 is 11.2 Å². The topological polar surface area (TPSA) is 90.0 Å². The van der Waals surface area contributed by atoms with E-state index in [9.17, 15) is 9.59 Å². The minimum atomic E-state index is -0.336. The molecule has 0 aliphatic heterocycles. The monoisotopic (exact) mass is 418 g/mol. The van der Waals surface area contributed by atoms with Gasteiger partial charge in [0.25, 0.3) is 5.56 Å². The molecule has 25 heavy (non-hydrogen) atoms. The molecule has 3 rings (SSSR count).